The van der Waals surface area contributed by atoms with E-state index in [-0.39, 0.29) is 23.7 Å². The Morgan fingerprint density at radius 3 is 2.72 bits per heavy atom. The summed E-state index contributed by atoms with van der Waals surface area (Å²) < 4.78 is 62.0. The molecule has 0 bridgehead atoms. The minimum Gasteiger partial charge on any atom is -0.481 e. The monoisotopic (exact) mass is 511 g/mol. The molecular formula is C26H23F2N3O4S. The zero-order valence-electron chi connectivity index (χ0n) is 19.6. The predicted molar refractivity (Wildman–Crippen MR) is 132 cm³/mol. The van der Waals surface area contributed by atoms with Gasteiger partial charge in [0.15, 0.2) is 0 Å². The van der Waals surface area contributed by atoms with Gasteiger partial charge in [-0.3, -0.25) is 4.79 Å². The van der Waals surface area contributed by atoms with Gasteiger partial charge in [-0.1, -0.05) is 6.07 Å². The molecule has 2 heterocycles. The highest BCUT2D eigenvalue weighted by Crippen LogP contribution is 2.43. The van der Waals surface area contributed by atoms with E-state index < -0.39 is 27.6 Å². The predicted octanol–water partition coefficient (Wildman–Crippen LogP) is 4.22. The number of halogens is 2. The molecule has 2 aromatic heterocycles. The average Bonchev–Trinajstić information content (AvgIpc) is 3.43. The maximum Gasteiger partial charge on any atom is 0.282 e. The molecule has 0 fully saturated rings. The van der Waals surface area contributed by atoms with Gasteiger partial charge in [-0.2, -0.15) is 0 Å². The van der Waals surface area contributed by atoms with Crippen molar-refractivity contribution in [2.24, 2.45) is 0 Å². The number of hydrogen-bond acceptors (Lipinski definition) is 5. The fraction of sp³-hybridized carbons (Fsp3) is 0.231. The van der Waals surface area contributed by atoms with Crippen molar-refractivity contribution in [3.63, 3.8) is 0 Å². The summed E-state index contributed by atoms with van der Waals surface area (Å²) in [5, 5.41) is 0.742. The van der Waals surface area contributed by atoms with Crippen molar-refractivity contribution in [3.8, 4) is 17.0 Å². The molecule has 1 aliphatic rings. The number of nitrogens with zero attached hydrogens (tertiary/aromatic N) is 2. The van der Waals surface area contributed by atoms with E-state index in [1.54, 1.807) is 18.3 Å². The van der Waals surface area contributed by atoms with Crippen LogP contribution in [0, 0.1) is 11.6 Å². The second kappa shape index (κ2) is 9.02. The van der Waals surface area contributed by atoms with Gasteiger partial charge in [-0.05, 0) is 66.8 Å². The molecule has 36 heavy (non-hydrogen) atoms. The van der Waals surface area contributed by atoms with Gasteiger partial charge < -0.3 is 9.30 Å². The fourth-order valence-electron chi connectivity index (χ4n) is 4.99. The summed E-state index contributed by atoms with van der Waals surface area (Å²) in [5.74, 6) is -1.91. The van der Waals surface area contributed by atoms with E-state index in [2.05, 4.69) is 4.98 Å². The van der Waals surface area contributed by atoms with E-state index in [4.69, 9.17) is 4.74 Å². The Morgan fingerprint density at radius 2 is 1.97 bits per heavy atom. The summed E-state index contributed by atoms with van der Waals surface area (Å²) in [4.78, 5) is 17.8. The average molecular weight is 512 g/mol. The molecule has 0 radical (unpaired) electrons. The Bertz CT molecular complexity index is 1630. The van der Waals surface area contributed by atoms with E-state index in [0.717, 1.165) is 60.2 Å². The third kappa shape index (κ3) is 4.21. The molecule has 186 valence electrons. The standard InChI is InChI=1S/C26H23F2N3O4S/c1-35-26-19(7-4-12-29-26)23-22-18-6-3-5-15(18)8-11-21(22)31(24(23)25(32)30-36(2,33)34)14-16-13-17(27)9-10-20(16)28/h4,7-13H,3,5-6,14H2,1-2H3,(H,30,32). The first kappa shape index (κ1) is 23.9. The third-order valence-corrected chi connectivity index (χ3v) is 6.93. The van der Waals surface area contributed by atoms with Crippen molar-refractivity contribution in [1.29, 1.82) is 0 Å². The molecule has 0 saturated heterocycles. The molecule has 5 rings (SSSR count). The molecule has 0 aliphatic heterocycles. The van der Waals surface area contributed by atoms with Crippen LogP contribution in [0.1, 0.15) is 33.6 Å². The molecule has 0 atom stereocenters. The first-order chi connectivity index (χ1) is 17.2. The summed E-state index contributed by atoms with van der Waals surface area (Å²) in [5.41, 5.74) is 3.68. The van der Waals surface area contributed by atoms with E-state index in [1.807, 2.05) is 16.9 Å². The molecule has 10 heteroatoms. The largest absolute Gasteiger partial charge is 0.481 e. The number of ether oxygens (including phenoxy) is 1. The first-order valence-corrected chi connectivity index (χ1v) is 13.2. The van der Waals surface area contributed by atoms with E-state index in [1.165, 1.54) is 11.7 Å². The van der Waals surface area contributed by atoms with Gasteiger partial charge >= 0.3 is 0 Å². The van der Waals surface area contributed by atoms with Crippen LogP contribution in [0.4, 0.5) is 8.78 Å². The molecule has 2 aromatic carbocycles. The van der Waals surface area contributed by atoms with Crippen LogP contribution in [0.2, 0.25) is 0 Å². The Hall–Kier alpha value is -3.79. The Balaban J connectivity index is 1.90. The van der Waals surface area contributed by atoms with E-state index in [9.17, 15) is 22.0 Å². The SMILES string of the molecule is COc1ncccc1-c1c(C(=O)NS(C)(=O)=O)n(Cc2cc(F)ccc2F)c2ccc3c(c12)CCC3. The Kier molecular flexibility index (Phi) is 5.99. The highest BCUT2D eigenvalue weighted by Gasteiger charge is 2.31. The van der Waals surface area contributed by atoms with Gasteiger partial charge in [0.1, 0.15) is 17.3 Å². The number of carbonyl (C=O) groups excluding carboxylic acids is 1. The zero-order valence-corrected chi connectivity index (χ0v) is 20.5. The molecule has 0 saturated carbocycles. The summed E-state index contributed by atoms with van der Waals surface area (Å²) in [6.07, 6.45) is 4.97. The smallest absolute Gasteiger partial charge is 0.282 e. The molecule has 1 N–H and O–H groups in total. The third-order valence-electron chi connectivity index (χ3n) is 6.37. The van der Waals surface area contributed by atoms with Gasteiger partial charge in [-0.15, -0.1) is 0 Å². The van der Waals surface area contributed by atoms with Crippen LogP contribution >= 0.6 is 0 Å². The van der Waals surface area contributed by atoms with Crippen molar-refractivity contribution in [3.05, 3.63) is 82.7 Å². The van der Waals surface area contributed by atoms with Gasteiger partial charge in [0.25, 0.3) is 5.91 Å². The number of fused-ring (bicyclic) bond motifs is 3. The van der Waals surface area contributed by atoms with Crippen LogP contribution in [0.25, 0.3) is 22.0 Å². The zero-order chi connectivity index (χ0) is 25.6. The van der Waals surface area contributed by atoms with E-state index in [0.29, 0.717) is 16.6 Å². The number of hydrogen-bond donors (Lipinski definition) is 1. The highest BCUT2D eigenvalue weighted by molar-refractivity contribution is 7.89. The first-order valence-electron chi connectivity index (χ1n) is 11.3. The molecular weight excluding hydrogens is 488 g/mol. The number of aryl methyl sites for hydroxylation is 2. The minimum absolute atomic E-state index is 0.00862. The Morgan fingerprint density at radius 1 is 1.17 bits per heavy atom. The summed E-state index contributed by atoms with van der Waals surface area (Å²) in [6, 6.07) is 10.3. The second-order valence-electron chi connectivity index (χ2n) is 8.76. The molecule has 1 amide bonds. The summed E-state index contributed by atoms with van der Waals surface area (Å²) in [7, 11) is -2.48. The van der Waals surface area contributed by atoms with Crippen LogP contribution in [-0.4, -0.2) is 37.2 Å². The topological polar surface area (TPSA) is 90.3 Å². The molecule has 0 spiro atoms. The number of methoxy groups -OCH3 is 1. The molecule has 7 nitrogen and oxygen atoms in total. The van der Waals surface area contributed by atoms with Crippen LogP contribution in [0.15, 0.2) is 48.7 Å². The fourth-order valence-corrected chi connectivity index (χ4v) is 5.42. The van der Waals surface area contributed by atoms with Crippen LogP contribution in [0.3, 0.4) is 0 Å². The number of carbonyl (C=O) groups is 1. The van der Waals surface area contributed by atoms with Crippen LogP contribution in [-0.2, 0) is 29.4 Å². The second-order valence-corrected chi connectivity index (χ2v) is 10.5. The number of pyridine rings is 1. The number of amides is 1. The quantitative estimate of drug-likeness (QED) is 0.419. The lowest BCUT2D eigenvalue weighted by atomic mass is 9.97. The number of aromatic nitrogens is 2. The lowest BCUT2D eigenvalue weighted by molar-refractivity contribution is 0.0974. The molecule has 1 aliphatic carbocycles. The van der Waals surface area contributed by atoms with Gasteiger partial charge in [0.05, 0.1) is 19.9 Å². The molecule has 0 unspecified atom stereocenters. The minimum atomic E-state index is -3.93. The maximum atomic E-state index is 14.7. The number of benzene rings is 2. The highest BCUT2D eigenvalue weighted by atomic mass is 32.2. The van der Waals surface area contributed by atoms with Crippen LogP contribution in [0.5, 0.6) is 5.88 Å². The van der Waals surface area contributed by atoms with Crippen molar-refractivity contribution in [1.82, 2.24) is 14.3 Å². The summed E-state index contributed by atoms with van der Waals surface area (Å²) in [6.45, 7) is -0.200. The summed E-state index contributed by atoms with van der Waals surface area (Å²) >= 11 is 0. The number of nitrogens with one attached hydrogen (secondary N) is 1. The van der Waals surface area contributed by atoms with Crippen molar-refractivity contribution in [2.75, 3.05) is 13.4 Å². The van der Waals surface area contributed by atoms with Crippen molar-refractivity contribution >= 4 is 26.8 Å². The number of rotatable bonds is 6. The number of sulfonamides is 1. The van der Waals surface area contributed by atoms with Crippen LogP contribution < -0.4 is 9.46 Å². The molecule has 4 aromatic rings. The lowest BCUT2D eigenvalue weighted by Crippen LogP contribution is -2.31. The van der Waals surface area contributed by atoms with Gasteiger partial charge in [0, 0.05) is 33.8 Å². The lowest BCUT2D eigenvalue weighted by Gasteiger charge is -2.14. The van der Waals surface area contributed by atoms with Crippen molar-refractivity contribution < 1.29 is 26.7 Å². The van der Waals surface area contributed by atoms with Gasteiger partial charge in [-0.25, -0.2) is 26.9 Å². The van der Waals surface area contributed by atoms with E-state index >= 15 is 0 Å². The Labute approximate surface area is 206 Å². The normalized spacial score (nSPS) is 13.1. The maximum absolute atomic E-state index is 14.7. The van der Waals surface area contributed by atoms with Crippen molar-refractivity contribution in [2.45, 2.75) is 25.8 Å². The van der Waals surface area contributed by atoms with Gasteiger partial charge in [0.2, 0.25) is 15.9 Å².